The fourth-order valence-electron chi connectivity index (χ4n) is 0.878. The number of halogens is 1. The molecular formula is C9H10BrN. The van der Waals surface area contributed by atoms with E-state index in [0.29, 0.717) is 6.54 Å². The van der Waals surface area contributed by atoms with Crippen LogP contribution in [0.3, 0.4) is 0 Å². The lowest BCUT2D eigenvalue weighted by atomic mass is 10.1. The monoisotopic (exact) mass is 211 g/mol. The Morgan fingerprint density at radius 3 is 2.82 bits per heavy atom. The third kappa shape index (κ3) is 1.91. The smallest absolute Gasteiger partial charge is 0.0220 e. The first kappa shape index (κ1) is 8.50. The van der Waals surface area contributed by atoms with Crippen LogP contribution < -0.4 is 5.73 Å². The van der Waals surface area contributed by atoms with Crippen molar-refractivity contribution < 1.29 is 0 Å². The molecule has 0 atom stereocenters. The Morgan fingerprint density at radius 2 is 2.27 bits per heavy atom. The van der Waals surface area contributed by atoms with Crippen molar-refractivity contribution in [2.24, 2.45) is 5.73 Å². The summed E-state index contributed by atoms with van der Waals surface area (Å²) >= 11 is 3.41. The summed E-state index contributed by atoms with van der Waals surface area (Å²) in [5, 5.41) is 0. The molecule has 0 saturated heterocycles. The Morgan fingerprint density at radius 1 is 1.55 bits per heavy atom. The lowest BCUT2D eigenvalue weighted by Crippen LogP contribution is -1.97. The van der Waals surface area contributed by atoms with Crippen LogP contribution in [0.1, 0.15) is 11.1 Å². The van der Waals surface area contributed by atoms with E-state index in [1.165, 1.54) is 0 Å². The molecule has 0 aliphatic carbocycles. The van der Waals surface area contributed by atoms with E-state index >= 15 is 0 Å². The van der Waals surface area contributed by atoms with Crippen LogP contribution in [-0.2, 0) is 6.54 Å². The highest BCUT2D eigenvalue weighted by Gasteiger charge is 1.96. The fraction of sp³-hybridized carbons (Fsp3) is 0.111. The molecule has 11 heavy (non-hydrogen) atoms. The van der Waals surface area contributed by atoms with Gasteiger partial charge in [-0.05, 0) is 23.3 Å². The van der Waals surface area contributed by atoms with Crippen molar-refractivity contribution in [1.82, 2.24) is 0 Å². The highest BCUT2D eigenvalue weighted by molar-refractivity contribution is 9.10. The summed E-state index contributed by atoms with van der Waals surface area (Å²) in [6, 6.07) is 6.01. The number of nitrogens with two attached hydrogens (primary N) is 1. The van der Waals surface area contributed by atoms with Crippen molar-refractivity contribution in [3.05, 3.63) is 40.4 Å². The quantitative estimate of drug-likeness (QED) is 0.800. The van der Waals surface area contributed by atoms with Crippen molar-refractivity contribution in [3.63, 3.8) is 0 Å². The van der Waals surface area contributed by atoms with E-state index in [2.05, 4.69) is 22.5 Å². The standard InChI is InChI=1S/C9H10BrN/c1-2-7-3-4-9(10)8(5-7)6-11/h2-5H,1,6,11H2. The van der Waals surface area contributed by atoms with Crippen LogP contribution in [0.4, 0.5) is 0 Å². The second kappa shape index (κ2) is 3.69. The van der Waals surface area contributed by atoms with Gasteiger partial charge in [0.1, 0.15) is 0 Å². The lowest BCUT2D eigenvalue weighted by molar-refractivity contribution is 1.06. The van der Waals surface area contributed by atoms with E-state index < -0.39 is 0 Å². The maximum absolute atomic E-state index is 5.51. The number of rotatable bonds is 2. The van der Waals surface area contributed by atoms with E-state index in [1.54, 1.807) is 0 Å². The van der Waals surface area contributed by atoms with Crippen LogP contribution in [-0.4, -0.2) is 0 Å². The molecule has 0 spiro atoms. The van der Waals surface area contributed by atoms with Gasteiger partial charge in [0.05, 0.1) is 0 Å². The van der Waals surface area contributed by atoms with Gasteiger partial charge >= 0.3 is 0 Å². The van der Waals surface area contributed by atoms with Crippen LogP contribution in [0.25, 0.3) is 6.08 Å². The SMILES string of the molecule is C=Cc1ccc(Br)c(CN)c1. The van der Waals surface area contributed by atoms with E-state index in [4.69, 9.17) is 5.73 Å². The maximum Gasteiger partial charge on any atom is 0.0220 e. The number of hydrogen-bond acceptors (Lipinski definition) is 1. The van der Waals surface area contributed by atoms with Gasteiger partial charge in [-0.15, -0.1) is 0 Å². The van der Waals surface area contributed by atoms with Crippen molar-refractivity contribution in [2.75, 3.05) is 0 Å². The van der Waals surface area contributed by atoms with Gasteiger partial charge in [0.25, 0.3) is 0 Å². The summed E-state index contributed by atoms with van der Waals surface area (Å²) in [7, 11) is 0. The van der Waals surface area contributed by atoms with Gasteiger partial charge < -0.3 is 5.73 Å². The first-order chi connectivity index (χ1) is 5.27. The molecule has 0 bridgehead atoms. The highest BCUT2D eigenvalue weighted by Crippen LogP contribution is 2.17. The van der Waals surface area contributed by atoms with Gasteiger partial charge in [-0.2, -0.15) is 0 Å². The predicted molar refractivity (Wildman–Crippen MR) is 52.1 cm³/mol. The minimum atomic E-state index is 0.558. The molecule has 1 rings (SSSR count). The van der Waals surface area contributed by atoms with Crippen LogP contribution in [0.5, 0.6) is 0 Å². The van der Waals surface area contributed by atoms with Crippen LogP contribution in [0.15, 0.2) is 29.3 Å². The molecule has 58 valence electrons. The molecule has 0 aliphatic rings. The first-order valence-corrected chi connectivity index (χ1v) is 4.18. The third-order valence-corrected chi connectivity index (χ3v) is 2.30. The highest BCUT2D eigenvalue weighted by atomic mass is 79.9. The zero-order valence-corrected chi connectivity index (χ0v) is 7.76. The molecule has 0 heterocycles. The zero-order valence-electron chi connectivity index (χ0n) is 6.18. The largest absolute Gasteiger partial charge is 0.326 e. The second-order valence-electron chi connectivity index (χ2n) is 2.26. The Bertz CT molecular complexity index is 268. The topological polar surface area (TPSA) is 26.0 Å². The van der Waals surface area contributed by atoms with Gasteiger partial charge in [0.15, 0.2) is 0 Å². The third-order valence-electron chi connectivity index (χ3n) is 1.53. The summed E-state index contributed by atoms with van der Waals surface area (Å²) in [4.78, 5) is 0. The zero-order chi connectivity index (χ0) is 8.27. The van der Waals surface area contributed by atoms with E-state index in [1.807, 2.05) is 24.3 Å². The van der Waals surface area contributed by atoms with E-state index in [0.717, 1.165) is 15.6 Å². The maximum atomic E-state index is 5.51. The lowest BCUT2D eigenvalue weighted by Gasteiger charge is -2.01. The molecule has 2 N–H and O–H groups in total. The minimum absolute atomic E-state index is 0.558. The summed E-state index contributed by atoms with van der Waals surface area (Å²) in [6.07, 6.45) is 1.81. The molecule has 1 aromatic rings. The molecule has 1 aromatic carbocycles. The normalized spacial score (nSPS) is 9.64. The number of benzene rings is 1. The minimum Gasteiger partial charge on any atom is -0.326 e. The molecule has 0 amide bonds. The van der Waals surface area contributed by atoms with E-state index in [9.17, 15) is 0 Å². The Labute approximate surface area is 75.0 Å². The molecule has 0 aliphatic heterocycles. The van der Waals surface area contributed by atoms with Crippen molar-refractivity contribution in [3.8, 4) is 0 Å². The van der Waals surface area contributed by atoms with Gasteiger partial charge in [-0.3, -0.25) is 0 Å². The van der Waals surface area contributed by atoms with Gasteiger partial charge in [0.2, 0.25) is 0 Å². The molecule has 0 unspecified atom stereocenters. The summed E-state index contributed by atoms with van der Waals surface area (Å²) in [6.45, 7) is 4.24. The number of hydrogen-bond donors (Lipinski definition) is 1. The predicted octanol–water partition coefficient (Wildman–Crippen LogP) is 2.55. The molecule has 1 nitrogen and oxygen atoms in total. The van der Waals surface area contributed by atoms with Gasteiger partial charge in [0, 0.05) is 11.0 Å². The Balaban J connectivity index is 3.12. The van der Waals surface area contributed by atoms with Crippen LogP contribution in [0.2, 0.25) is 0 Å². The van der Waals surface area contributed by atoms with Crippen molar-refractivity contribution in [1.29, 1.82) is 0 Å². The van der Waals surface area contributed by atoms with E-state index in [-0.39, 0.29) is 0 Å². The Hall–Kier alpha value is -0.600. The molecule has 0 aromatic heterocycles. The summed E-state index contributed by atoms with van der Waals surface area (Å²) in [5.41, 5.74) is 7.73. The molecule has 2 heteroatoms. The molecular weight excluding hydrogens is 202 g/mol. The van der Waals surface area contributed by atoms with Crippen molar-refractivity contribution >= 4 is 22.0 Å². The van der Waals surface area contributed by atoms with Gasteiger partial charge in [-0.25, -0.2) is 0 Å². The average Bonchev–Trinajstić information content (AvgIpc) is 2.05. The van der Waals surface area contributed by atoms with Crippen LogP contribution >= 0.6 is 15.9 Å². The molecule has 0 fully saturated rings. The molecule has 0 radical (unpaired) electrons. The summed E-state index contributed by atoms with van der Waals surface area (Å²) in [5.74, 6) is 0. The average molecular weight is 212 g/mol. The Kier molecular flexibility index (Phi) is 2.85. The first-order valence-electron chi connectivity index (χ1n) is 3.39. The fourth-order valence-corrected chi connectivity index (χ4v) is 1.29. The molecule has 0 saturated carbocycles. The van der Waals surface area contributed by atoms with Gasteiger partial charge in [-0.1, -0.05) is 34.7 Å². The van der Waals surface area contributed by atoms with Crippen molar-refractivity contribution in [2.45, 2.75) is 6.54 Å². The van der Waals surface area contributed by atoms with Crippen LogP contribution in [0, 0.1) is 0 Å². The second-order valence-corrected chi connectivity index (χ2v) is 3.11. The summed E-state index contributed by atoms with van der Waals surface area (Å²) < 4.78 is 1.06.